The van der Waals surface area contributed by atoms with Gasteiger partial charge in [0.05, 0.1) is 26.4 Å². The fourth-order valence-electron chi connectivity index (χ4n) is 5.67. The van der Waals surface area contributed by atoms with Gasteiger partial charge in [0.25, 0.3) is 5.91 Å². The summed E-state index contributed by atoms with van der Waals surface area (Å²) < 4.78 is 17.4. The van der Waals surface area contributed by atoms with Crippen LogP contribution in [0.25, 0.3) is 0 Å². The van der Waals surface area contributed by atoms with Crippen LogP contribution in [0.3, 0.4) is 0 Å². The third-order valence-corrected chi connectivity index (χ3v) is 10.5. The predicted octanol–water partition coefficient (Wildman–Crippen LogP) is 4.44. The molecule has 1 aliphatic carbocycles. The molecule has 3 aliphatic heterocycles. The van der Waals surface area contributed by atoms with Gasteiger partial charge in [-0.05, 0) is 43.5 Å². The Bertz CT molecular complexity index is 1300. The number of benzene rings is 2. The molecule has 1 amide bonds. The highest BCUT2D eigenvalue weighted by Crippen LogP contribution is 2.56. The van der Waals surface area contributed by atoms with Gasteiger partial charge >= 0.3 is 0 Å². The molecule has 1 spiro atoms. The lowest BCUT2D eigenvalue weighted by Gasteiger charge is -2.51. The Morgan fingerprint density at radius 1 is 1.18 bits per heavy atom. The maximum Gasteiger partial charge on any atom is 0.257 e. The van der Waals surface area contributed by atoms with Crippen molar-refractivity contribution in [1.29, 1.82) is 0 Å². The molecule has 3 atom stereocenters. The molecule has 2 aromatic carbocycles. The van der Waals surface area contributed by atoms with Gasteiger partial charge in [-0.1, -0.05) is 30.0 Å². The minimum atomic E-state index is -0.463. The minimum absolute atomic E-state index is 0.0380. The first-order valence-electron chi connectivity index (χ1n) is 13.2. The second kappa shape index (κ2) is 10.6. The Hall–Kier alpha value is -2.82. The van der Waals surface area contributed by atoms with Gasteiger partial charge in [-0.3, -0.25) is 4.79 Å². The van der Waals surface area contributed by atoms with Crippen LogP contribution in [0.2, 0.25) is 0 Å². The molecule has 8 nitrogen and oxygen atoms in total. The lowest BCUT2D eigenvalue weighted by molar-refractivity contribution is -0.0793. The Morgan fingerprint density at radius 3 is 2.74 bits per heavy atom. The van der Waals surface area contributed by atoms with Gasteiger partial charge in [0.1, 0.15) is 28.2 Å². The SMILES string of the molecule is COc1ccc(CNC2=CSC([C@]34COC5(CC5)C[C@H]3CSC(NC(=O)c3ccccc3)=N4)N2C)c(OC)c1. The number of aliphatic imine (C=N–C) groups is 1. The van der Waals surface area contributed by atoms with Crippen molar-refractivity contribution in [3.05, 3.63) is 70.9 Å². The number of hydrogen-bond acceptors (Lipinski definition) is 9. The van der Waals surface area contributed by atoms with Crippen LogP contribution in [0, 0.1) is 5.92 Å². The van der Waals surface area contributed by atoms with E-state index in [4.69, 9.17) is 19.2 Å². The van der Waals surface area contributed by atoms with E-state index >= 15 is 0 Å². The van der Waals surface area contributed by atoms with Crippen LogP contribution in [0.5, 0.6) is 11.5 Å². The fraction of sp³-hybridized carbons (Fsp3) is 0.448. The third-order valence-electron chi connectivity index (χ3n) is 8.15. The Balaban J connectivity index is 1.21. The number of carbonyl (C=O) groups is 1. The van der Waals surface area contributed by atoms with Crippen molar-refractivity contribution in [2.45, 2.75) is 42.3 Å². The van der Waals surface area contributed by atoms with Crippen LogP contribution >= 0.6 is 23.5 Å². The van der Waals surface area contributed by atoms with Crippen molar-refractivity contribution in [1.82, 2.24) is 15.5 Å². The molecule has 2 aromatic rings. The number of nitrogens with zero attached hydrogens (tertiary/aromatic N) is 2. The van der Waals surface area contributed by atoms with Gasteiger partial charge in [0, 0.05) is 47.9 Å². The number of carbonyl (C=O) groups excluding carboxylic acids is 1. The van der Waals surface area contributed by atoms with Crippen LogP contribution in [-0.2, 0) is 11.3 Å². The molecular formula is C29H34N4O4S2. The van der Waals surface area contributed by atoms with E-state index in [1.807, 2.05) is 48.5 Å². The van der Waals surface area contributed by atoms with Crippen LogP contribution in [0.15, 0.2) is 64.8 Å². The maximum atomic E-state index is 13.0. The predicted molar refractivity (Wildman–Crippen MR) is 156 cm³/mol. The van der Waals surface area contributed by atoms with Crippen LogP contribution in [0.1, 0.15) is 35.2 Å². The summed E-state index contributed by atoms with van der Waals surface area (Å²) in [5.74, 6) is 3.73. The molecule has 4 aliphatic rings. The van der Waals surface area contributed by atoms with E-state index < -0.39 is 5.54 Å². The first-order valence-corrected chi connectivity index (χ1v) is 15.1. The molecule has 1 saturated heterocycles. The highest BCUT2D eigenvalue weighted by atomic mass is 32.2. The summed E-state index contributed by atoms with van der Waals surface area (Å²) in [5.41, 5.74) is 1.25. The number of thioether (sulfide) groups is 2. The third kappa shape index (κ3) is 5.10. The van der Waals surface area contributed by atoms with Gasteiger partial charge in [0.2, 0.25) is 0 Å². The van der Waals surface area contributed by atoms with Crippen LogP contribution in [0.4, 0.5) is 0 Å². The van der Waals surface area contributed by atoms with E-state index in [1.54, 1.807) is 37.7 Å². The molecule has 10 heteroatoms. The van der Waals surface area contributed by atoms with E-state index in [0.29, 0.717) is 29.8 Å². The zero-order valence-electron chi connectivity index (χ0n) is 22.4. The first kappa shape index (κ1) is 26.4. The molecular weight excluding hydrogens is 532 g/mol. The summed E-state index contributed by atoms with van der Waals surface area (Å²) in [6.07, 6.45) is 3.28. The maximum absolute atomic E-state index is 13.0. The molecule has 0 radical (unpaired) electrons. The lowest BCUT2D eigenvalue weighted by atomic mass is 9.78. The standard InChI is InChI=1S/C29H34N4O4S2/c1-33-24(30-15-20-9-10-22(35-2)13-23(20)36-3)17-38-26(33)29-18-37-28(11-12-28)14-21(29)16-39-27(32-29)31-25(34)19-7-5-4-6-8-19/h4-10,13,17,21,26,30H,11-12,14-16,18H2,1-3H3,(H,31,32,34)/t21-,26?,29-/m0/s1. The van der Waals surface area contributed by atoms with Crippen molar-refractivity contribution in [2.24, 2.45) is 10.9 Å². The Kier molecular flexibility index (Phi) is 7.20. The number of ether oxygens (including phenoxy) is 3. The summed E-state index contributed by atoms with van der Waals surface area (Å²) in [7, 11) is 5.44. The van der Waals surface area contributed by atoms with Gasteiger partial charge in [-0.2, -0.15) is 0 Å². The summed E-state index contributed by atoms with van der Waals surface area (Å²) in [5, 5.41) is 9.57. The smallest absolute Gasteiger partial charge is 0.257 e. The number of methoxy groups -OCH3 is 2. The van der Waals surface area contributed by atoms with E-state index in [0.717, 1.165) is 47.9 Å². The van der Waals surface area contributed by atoms with E-state index in [-0.39, 0.29) is 16.9 Å². The van der Waals surface area contributed by atoms with Crippen molar-refractivity contribution in [3.8, 4) is 11.5 Å². The van der Waals surface area contributed by atoms with Gasteiger partial charge in [-0.15, -0.1) is 11.8 Å². The molecule has 39 heavy (non-hydrogen) atoms. The zero-order valence-corrected chi connectivity index (χ0v) is 24.1. The quantitative estimate of drug-likeness (QED) is 0.509. The van der Waals surface area contributed by atoms with Gasteiger partial charge < -0.3 is 29.7 Å². The molecule has 2 fully saturated rings. The zero-order chi connectivity index (χ0) is 27.0. The fourth-order valence-corrected chi connectivity index (χ4v) is 8.19. The van der Waals surface area contributed by atoms with Crippen LogP contribution in [-0.4, -0.2) is 66.1 Å². The molecule has 2 N–H and O–H groups in total. The van der Waals surface area contributed by atoms with Gasteiger partial charge in [0.15, 0.2) is 5.17 Å². The number of amidine groups is 1. The second-order valence-corrected chi connectivity index (χ2v) is 12.5. The molecule has 1 saturated carbocycles. The average molecular weight is 567 g/mol. The number of nitrogens with one attached hydrogen (secondary N) is 2. The summed E-state index contributed by atoms with van der Waals surface area (Å²) in [6.45, 7) is 1.17. The largest absolute Gasteiger partial charge is 0.497 e. The average Bonchev–Trinajstić information content (AvgIpc) is 3.62. The molecule has 3 heterocycles. The lowest BCUT2D eigenvalue weighted by Crippen LogP contribution is -2.61. The minimum Gasteiger partial charge on any atom is -0.497 e. The first-order chi connectivity index (χ1) is 18.9. The van der Waals surface area contributed by atoms with E-state index in [2.05, 4.69) is 28.0 Å². The summed E-state index contributed by atoms with van der Waals surface area (Å²) >= 11 is 3.42. The van der Waals surface area contributed by atoms with Crippen molar-refractivity contribution in [2.75, 3.05) is 33.6 Å². The van der Waals surface area contributed by atoms with E-state index in [1.165, 1.54) is 0 Å². The van der Waals surface area contributed by atoms with Crippen molar-refractivity contribution in [3.63, 3.8) is 0 Å². The number of likely N-dealkylation sites (N-methyl/N-ethyl adjacent to an activating group) is 1. The highest BCUT2D eigenvalue weighted by Gasteiger charge is 2.61. The normalized spacial score (nSPS) is 26.8. The molecule has 206 valence electrons. The topological polar surface area (TPSA) is 84.4 Å². The molecule has 0 aromatic heterocycles. The van der Waals surface area contributed by atoms with E-state index in [9.17, 15) is 4.79 Å². The molecule has 6 rings (SSSR count). The number of amides is 1. The van der Waals surface area contributed by atoms with Gasteiger partial charge in [-0.25, -0.2) is 4.99 Å². The monoisotopic (exact) mass is 566 g/mol. The number of hydrogen-bond donors (Lipinski definition) is 2. The molecule has 1 unspecified atom stereocenters. The number of fused-ring (bicyclic) bond motifs is 1. The van der Waals surface area contributed by atoms with Crippen LogP contribution < -0.4 is 20.1 Å². The summed E-state index contributed by atoms with van der Waals surface area (Å²) in [4.78, 5) is 20.5. The second-order valence-electron chi connectivity index (χ2n) is 10.5. The highest BCUT2D eigenvalue weighted by molar-refractivity contribution is 8.14. The Morgan fingerprint density at radius 2 is 2.00 bits per heavy atom. The molecule has 0 bridgehead atoms. The van der Waals surface area contributed by atoms with Crippen molar-refractivity contribution >= 4 is 34.6 Å². The number of rotatable bonds is 7. The van der Waals surface area contributed by atoms with Crippen molar-refractivity contribution < 1.29 is 19.0 Å². The summed E-state index contributed by atoms with van der Waals surface area (Å²) in [6, 6.07) is 15.2. The Labute approximate surface area is 237 Å².